The summed E-state index contributed by atoms with van der Waals surface area (Å²) in [4.78, 5) is 14.8. The van der Waals surface area contributed by atoms with Crippen LogP contribution < -0.4 is 4.74 Å². The summed E-state index contributed by atoms with van der Waals surface area (Å²) in [6.45, 7) is 1.22. The molecule has 1 N–H and O–H groups in total. The predicted octanol–water partition coefficient (Wildman–Crippen LogP) is 3.75. The molecule has 0 saturated carbocycles. The van der Waals surface area contributed by atoms with Crippen molar-refractivity contribution in [2.75, 3.05) is 20.2 Å². The molecule has 31 heavy (non-hydrogen) atoms. The monoisotopic (exact) mass is 419 g/mol. The van der Waals surface area contributed by atoms with Crippen LogP contribution in [0.25, 0.3) is 22.7 Å². The Morgan fingerprint density at radius 2 is 2.03 bits per heavy atom. The topological polar surface area (TPSA) is 110 Å². The number of aromatic nitrogens is 4. The third kappa shape index (κ3) is 3.81. The third-order valence-electron chi connectivity index (χ3n) is 5.51. The highest BCUT2D eigenvalue weighted by Gasteiger charge is 2.29. The number of nitrogens with one attached hydrogen (secondary N) is 1. The van der Waals surface area contributed by atoms with Gasteiger partial charge in [0, 0.05) is 24.6 Å². The average Bonchev–Trinajstić information content (AvgIpc) is 3.60. The zero-order chi connectivity index (χ0) is 21.2. The van der Waals surface area contributed by atoms with Crippen molar-refractivity contribution < 1.29 is 18.4 Å². The molecule has 1 saturated heterocycles. The number of likely N-dealkylation sites (tertiary alicyclic amines) is 1. The number of carbonyl (C=O) groups excluding carboxylic acids is 1. The fourth-order valence-corrected chi connectivity index (χ4v) is 3.76. The largest absolute Gasteiger partial charge is 0.497 e. The number of nitrogens with zero attached hydrogens (tertiary/aromatic N) is 4. The van der Waals surface area contributed by atoms with E-state index in [1.165, 1.54) is 0 Å². The molecule has 0 unspecified atom stereocenters. The minimum Gasteiger partial charge on any atom is -0.497 e. The predicted molar refractivity (Wildman–Crippen MR) is 110 cm³/mol. The molecular formula is C22H21N5O4. The molecule has 1 amide bonds. The van der Waals surface area contributed by atoms with Crippen molar-refractivity contribution in [1.29, 1.82) is 0 Å². The maximum atomic E-state index is 12.9. The van der Waals surface area contributed by atoms with Crippen LogP contribution in [0.3, 0.4) is 0 Å². The molecular weight excluding hydrogens is 398 g/mol. The lowest BCUT2D eigenvalue weighted by atomic mass is 9.96. The molecule has 5 rings (SSSR count). The van der Waals surface area contributed by atoms with Crippen molar-refractivity contribution in [1.82, 2.24) is 25.3 Å². The highest BCUT2D eigenvalue weighted by molar-refractivity contribution is 5.93. The second-order valence-electron chi connectivity index (χ2n) is 7.42. The Bertz CT molecular complexity index is 1170. The molecule has 1 aromatic carbocycles. The maximum absolute atomic E-state index is 12.9. The lowest BCUT2D eigenvalue weighted by Crippen LogP contribution is -2.38. The Labute approximate surface area is 178 Å². The molecule has 0 bridgehead atoms. The van der Waals surface area contributed by atoms with Crippen molar-refractivity contribution in [2.24, 2.45) is 0 Å². The number of aromatic amines is 1. The summed E-state index contributed by atoms with van der Waals surface area (Å²) in [5.74, 6) is 1.86. The zero-order valence-corrected chi connectivity index (χ0v) is 16.9. The number of methoxy groups -OCH3 is 1. The number of carbonyl (C=O) groups is 1. The molecule has 0 atom stereocenters. The molecule has 4 heterocycles. The fraction of sp³-hybridized carbons (Fsp3) is 0.273. The van der Waals surface area contributed by atoms with E-state index in [-0.39, 0.29) is 11.8 Å². The number of hydrogen-bond acceptors (Lipinski definition) is 7. The standard InChI is InChI=1S/C22H21N5O4/c1-29-17-4-2-3-15(11-17)18-12-19(24-23-18)22(28)27-8-5-14(6-9-27)20-25-26-21(31-20)16-7-10-30-13-16/h2-4,7,10-14H,5-6,8-9H2,1H3,(H,23,24). The number of H-pyrrole nitrogens is 1. The van der Waals surface area contributed by atoms with E-state index >= 15 is 0 Å². The lowest BCUT2D eigenvalue weighted by Gasteiger charge is -2.30. The van der Waals surface area contributed by atoms with Gasteiger partial charge in [-0.1, -0.05) is 12.1 Å². The first kappa shape index (κ1) is 19.1. The van der Waals surface area contributed by atoms with E-state index in [9.17, 15) is 4.79 Å². The number of rotatable bonds is 5. The summed E-state index contributed by atoms with van der Waals surface area (Å²) < 4.78 is 16.1. The van der Waals surface area contributed by atoms with Crippen LogP contribution in [0.2, 0.25) is 0 Å². The Hall–Kier alpha value is -3.88. The smallest absolute Gasteiger partial charge is 0.271 e. The number of ether oxygens (including phenoxy) is 1. The molecule has 9 nitrogen and oxygen atoms in total. The summed E-state index contributed by atoms with van der Waals surface area (Å²) >= 11 is 0. The van der Waals surface area contributed by atoms with Gasteiger partial charge in [0.1, 0.15) is 17.7 Å². The molecule has 1 fully saturated rings. The second kappa shape index (κ2) is 8.10. The van der Waals surface area contributed by atoms with Crippen molar-refractivity contribution in [3.05, 3.63) is 60.5 Å². The van der Waals surface area contributed by atoms with E-state index in [0.717, 1.165) is 29.7 Å². The van der Waals surface area contributed by atoms with Crippen LogP contribution in [0.4, 0.5) is 0 Å². The highest BCUT2D eigenvalue weighted by atomic mass is 16.5. The zero-order valence-electron chi connectivity index (χ0n) is 16.9. The van der Waals surface area contributed by atoms with Crippen LogP contribution in [0.5, 0.6) is 5.75 Å². The third-order valence-corrected chi connectivity index (χ3v) is 5.51. The van der Waals surface area contributed by atoms with E-state index in [4.69, 9.17) is 13.6 Å². The number of piperidine rings is 1. The van der Waals surface area contributed by atoms with Crippen LogP contribution in [0.1, 0.15) is 35.1 Å². The van der Waals surface area contributed by atoms with Gasteiger partial charge in [0.25, 0.3) is 11.8 Å². The van der Waals surface area contributed by atoms with Gasteiger partial charge in [-0.3, -0.25) is 9.89 Å². The molecule has 3 aromatic heterocycles. The van der Waals surface area contributed by atoms with Gasteiger partial charge in [-0.05, 0) is 37.1 Å². The van der Waals surface area contributed by atoms with Crippen molar-refractivity contribution in [3.63, 3.8) is 0 Å². The van der Waals surface area contributed by atoms with Crippen LogP contribution >= 0.6 is 0 Å². The maximum Gasteiger partial charge on any atom is 0.271 e. The van der Waals surface area contributed by atoms with Gasteiger partial charge in [-0.2, -0.15) is 5.10 Å². The van der Waals surface area contributed by atoms with Gasteiger partial charge < -0.3 is 18.5 Å². The second-order valence-corrected chi connectivity index (χ2v) is 7.42. The Kier molecular flexibility index (Phi) is 4.99. The minimum absolute atomic E-state index is 0.0651. The van der Waals surface area contributed by atoms with Crippen molar-refractivity contribution >= 4 is 5.91 Å². The van der Waals surface area contributed by atoms with Crippen molar-refractivity contribution in [2.45, 2.75) is 18.8 Å². The molecule has 1 aliphatic heterocycles. The molecule has 4 aromatic rings. The molecule has 0 spiro atoms. The van der Waals surface area contributed by atoms with Gasteiger partial charge in [0.2, 0.25) is 5.89 Å². The highest BCUT2D eigenvalue weighted by Crippen LogP contribution is 2.30. The van der Waals surface area contributed by atoms with Gasteiger partial charge in [0.05, 0.1) is 24.6 Å². The molecule has 0 radical (unpaired) electrons. The summed E-state index contributed by atoms with van der Waals surface area (Å²) in [6, 6.07) is 11.1. The van der Waals surface area contributed by atoms with Crippen LogP contribution in [0, 0.1) is 0 Å². The normalized spacial score (nSPS) is 14.7. The molecule has 1 aliphatic rings. The molecule has 0 aliphatic carbocycles. The van der Waals surface area contributed by atoms with Gasteiger partial charge in [0.15, 0.2) is 0 Å². The lowest BCUT2D eigenvalue weighted by molar-refractivity contribution is 0.0700. The van der Waals surface area contributed by atoms with Gasteiger partial charge in [-0.25, -0.2) is 0 Å². The summed E-state index contributed by atoms with van der Waals surface area (Å²) in [5, 5.41) is 15.5. The number of hydrogen-bond donors (Lipinski definition) is 1. The fourth-order valence-electron chi connectivity index (χ4n) is 3.76. The van der Waals surface area contributed by atoms with E-state index < -0.39 is 0 Å². The van der Waals surface area contributed by atoms with E-state index in [2.05, 4.69) is 20.4 Å². The van der Waals surface area contributed by atoms with Gasteiger partial charge >= 0.3 is 0 Å². The molecule has 9 heteroatoms. The Morgan fingerprint density at radius 3 is 2.81 bits per heavy atom. The number of benzene rings is 1. The van der Waals surface area contributed by atoms with Crippen LogP contribution in [0.15, 0.2) is 57.8 Å². The first-order valence-corrected chi connectivity index (χ1v) is 10.1. The summed E-state index contributed by atoms with van der Waals surface area (Å²) in [7, 11) is 1.62. The van der Waals surface area contributed by atoms with Gasteiger partial charge in [-0.15, -0.1) is 10.2 Å². The SMILES string of the molecule is COc1cccc(-c2cc(C(=O)N3CCC(c4nnc(-c5ccoc5)o4)CC3)[nH]n2)c1. The average molecular weight is 419 g/mol. The van der Waals surface area contributed by atoms with E-state index in [1.54, 1.807) is 31.8 Å². The Balaban J connectivity index is 1.23. The summed E-state index contributed by atoms with van der Waals surface area (Å²) in [5.41, 5.74) is 2.82. The van der Waals surface area contributed by atoms with E-state index in [0.29, 0.717) is 36.3 Å². The van der Waals surface area contributed by atoms with Crippen molar-refractivity contribution in [3.8, 4) is 28.5 Å². The first-order chi connectivity index (χ1) is 15.2. The van der Waals surface area contributed by atoms with E-state index in [1.807, 2.05) is 29.2 Å². The molecule has 158 valence electrons. The summed E-state index contributed by atoms with van der Waals surface area (Å²) in [6.07, 6.45) is 4.66. The quantitative estimate of drug-likeness (QED) is 0.524. The van der Waals surface area contributed by atoms with Crippen LogP contribution in [-0.4, -0.2) is 51.4 Å². The number of furan rings is 1. The van der Waals surface area contributed by atoms with Crippen LogP contribution in [-0.2, 0) is 0 Å². The first-order valence-electron chi connectivity index (χ1n) is 10.1. The number of amides is 1. The Morgan fingerprint density at radius 1 is 1.16 bits per heavy atom. The minimum atomic E-state index is -0.0651.